The number of hydrogen-bond acceptors (Lipinski definition) is 3. The third-order valence-corrected chi connectivity index (χ3v) is 3.00. The van der Waals surface area contributed by atoms with Gasteiger partial charge < -0.3 is 4.74 Å². The van der Waals surface area contributed by atoms with Crippen molar-refractivity contribution in [2.75, 3.05) is 6.61 Å². The highest BCUT2D eigenvalue weighted by Gasteiger charge is 2.00. The predicted molar refractivity (Wildman–Crippen MR) is 83.9 cm³/mol. The second-order valence-corrected chi connectivity index (χ2v) is 4.59. The van der Waals surface area contributed by atoms with Crippen LogP contribution in [0, 0.1) is 11.3 Å². The summed E-state index contributed by atoms with van der Waals surface area (Å²) in [6.07, 6.45) is 7.96. The van der Waals surface area contributed by atoms with E-state index in [9.17, 15) is 0 Å². The van der Waals surface area contributed by atoms with Crippen molar-refractivity contribution in [3.05, 3.63) is 60.3 Å². The first-order chi connectivity index (χ1) is 10.3. The van der Waals surface area contributed by atoms with Gasteiger partial charge in [-0.1, -0.05) is 31.2 Å². The molecule has 0 aliphatic heterocycles. The second-order valence-electron chi connectivity index (χ2n) is 4.59. The number of ether oxygens (including phenoxy) is 1. The van der Waals surface area contributed by atoms with Crippen LogP contribution in [0.15, 0.2) is 54.7 Å². The molecule has 2 rings (SSSR count). The van der Waals surface area contributed by atoms with Gasteiger partial charge in [-0.15, -0.1) is 0 Å². The van der Waals surface area contributed by atoms with Crippen molar-refractivity contribution in [2.45, 2.75) is 19.8 Å². The molecule has 2 aromatic rings. The van der Waals surface area contributed by atoms with Crippen LogP contribution in [0.3, 0.4) is 0 Å². The van der Waals surface area contributed by atoms with E-state index in [1.165, 1.54) is 0 Å². The standard InChI is InChI=1S/C18H18N2O/c1-2-3-4-5-12-21-17-10-11-18(20-14-17)16-8-6-15(13-19)7-9-16/h3-4,6-11,14H,2,5,12H2,1H3. The molecule has 0 fully saturated rings. The summed E-state index contributed by atoms with van der Waals surface area (Å²) in [6.45, 7) is 2.78. The fraction of sp³-hybridized carbons (Fsp3) is 0.222. The van der Waals surface area contributed by atoms with E-state index in [2.05, 4.69) is 30.1 Å². The lowest BCUT2D eigenvalue weighted by atomic mass is 10.1. The molecule has 0 saturated carbocycles. The zero-order valence-corrected chi connectivity index (χ0v) is 12.1. The number of allylic oxidation sites excluding steroid dienone is 1. The first kappa shape index (κ1) is 14.8. The van der Waals surface area contributed by atoms with Crippen LogP contribution in [-0.2, 0) is 0 Å². The summed E-state index contributed by atoms with van der Waals surface area (Å²) in [5.41, 5.74) is 2.52. The molecule has 106 valence electrons. The maximum atomic E-state index is 8.78. The van der Waals surface area contributed by atoms with Gasteiger partial charge in [0.25, 0.3) is 0 Å². The van der Waals surface area contributed by atoms with Crippen molar-refractivity contribution >= 4 is 0 Å². The van der Waals surface area contributed by atoms with E-state index >= 15 is 0 Å². The van der Waals surface area contributed by atoms with Crippen LogP contribution in [0.2, 0.25) is 0 Å². The molecule has 0 radical (unpaired) electrons. The van der Waals surface area contributed by atoms with E-state index in [-0.39, 0.29) is 0 Å². The minimum Gasteiger partial charge on any atom is -0.492 e. The van der Waals surface area contributed by atoms with Crippen LogP contribution in [0.4, 0.5) is 0 Å². The molecular formula is C18H18N2O. The average Bonchev–Trinajstić information content (AvgIpc) is 2.55. The first-order valence-electron chi connectivity index (χ1n) is 7.08. The summed E-state index contributed by atoms with van der Waals surface area (Å²) in [4.78, 5) is 4.39. The number of pyridine rings is 1. The van der Waals surface area contributed by atoms with Gasteiger partial charge in [-0.25, -0.2) is 0 Å². The van der Waals surface area contributed by atoms with Crippen LogP contribution < -0.4 is 4.74 Å². The molecule has 0 bridgehead atoms. The number of aromatic nitrogens is 1. The largest absolute Gasteiger partial charge is 0.492 e. The minimum atomic E-state index is 0.652. The molecular weight excluding hydrogens is 260 g/mol. The molecule has 21 heavy (non-hydrogen) atoms. The van der Waals surface area contributed by atoms with E-state index in [1.54, 1.807) is 18.3 Å². The van der Waals surface area contributed by atoms with Gasteiger partial charge in [-0.05, 0) is 37.1 Å². The fourth-order valence-electron chi connectivity index (χ4n) is 1.88. The van der Waals surface area contributed by atoms with Crippen LogP contribution in [0.25, 0.3) is 11.3 Å². The van der Waals surface area contributed by atoms with Crippen molar-refractivity contribution in [3.63, 3.8) is 0 Å². The lowest BCUT2D eigenvalue weighted by Crippen LogP contribution is -1.96. The molecule has 0 atom stereocenters. The SMILES string of the molecule is CCC=CCCOc1ccc(-c2ccc(C#N)cc2)nc1. The number of hydrogen-bond donors (Lipinski definition) is 0. The third kappa shape index (κ3) is 4.47. The molecule has 1 aromatic heterocycles. The highest BCUT2D eigenvalue weighted by Crippen LogP contribution is 2.20. The van der Waals surface area contributed by atoms with E-state index in [0.717, 1.165) is 29.8 Å². The van der Waals surface area contributed by atoms with Crippen molar-refractivity contribution in [1.29, 1.82) is 5.26 Å². The van der Waals surface area contributed by atoms with Crippen LogP contribution in [0.5, 0.6) is 5.75 Å². The second kappa shape index (κ2) is 7.86. The fourth-order valence-corrected chi connectivity index (χ4v) is 1.88. The highest BCUT2D eigenvalue weighted by molar-refractivity contribution is 5.60. The molecule has 1 aromatic carbocycles. The topological polar surface area (TPSA) is 45.9 Å². The van der Waals surface area contributed by atoms with Gasteiger partial charge in [-0.2, -0.15) is 5.26 Å². The number of nitriles is 1. The zero-order chi connectivity index (χ0) is 14.9. The molecule has 0 spiro atoms. The van der Waals surface area contributed by atoms with Gasteiger partial charge in [0.05, 0.1) is 30.1 Å². The Morgan fingerprint density at radius 3 is 2.57 bits per heavy atom. The minimum absolute atomic E-state index is 0.652. The lowest BCUT2D eigenvalue weighted by Gasteiger charge is -2.05. The summed E-state index contributed by atoms with van der Waals surface area (Å²) >= 11 is 0. The van der Waals surface area contributed by atoms with Crippen molar-refractivity contribution in [2.24, 2.45) is 0 Å². The van der Waals surface area contributed by atoms with Crippen molar-refractivity contribution in [1.82, 2.24) is 4.98 Å². The Morgan fingerprint density at radius 2 is 1.95 bits per heavy atom. The Morgan fingerprint density at radius 1 is 1.14 bits per heavy atom. The summed E-state index contributed by atoms with van der Waals surface area (Å²) in [5.74, 6) is 0.775. The Hall–Kier alpha value is -2.60. The van der Waals surface area contributed by atoms with Gasteiger partial charge in [0.1, 0.15) is 5.75 Å². The number of rotatable bonds is 6. The quantitative estimate of drug-likeness (QED) is 0.582. The molecule has 0 amide bonds. The zero-order valence-electron chi connectivity index (χ0n) is 12.1. The van der Waals surface area contributed by atoms with Gasteiger partial charge in [-0.3, -0.25) is 4.98 Å². The molecule has 3 nitrogen and oxygen atoms in total. The smallest absolute Gasteiger partial charge is 0.137 e. The molecule has 0 aliphatic rings. The summed E-state index contributed by atoms with van der Waals surface area (Å²) in [5, 5.41) is 8.78. The van der Waals surface area contributed by atoms with E-state index < -0.39 is 0 Å². The van der Waals surface area contributed by atoms with E-state index in [0.29, 0.717) is 12.2 Å². The predicted octanol–water partition coefficient (Wildman–Crippen LogP) is 4.36. The maximum absolute atomic E-state index is 8.78. The highest BCUT2D eigenvalue weighted by atomic mass is 16.5. The Bertz CT molecular complexity index is 622. The van der Waals surface area contributed by atoms with Gasteiger partial charge >= 0.3 is 0 Å². The third-order valence-electron chi connectivity index (χ3n) is 3.00. The van der Waals surface area contributed by atoms with Gasteiger partial charge in [0.15, 0.2) is 0 Å². The van der Waals surface area contributed by atoms with Crippen molar-refractivity contribution in [3.8, 4) is 23.1 Å². The first-order valence-corrected chi connectivity index (χ1v) is 7.08. The molecule has 0 saturated heterocycles. The van der Waals surface area contributed by atoms with Gasteiger partial charge in [0.2, 0.25) is 0 Å². The van der Waals surface area contributed by atoms with Crippen LogP contribution >= 0.6 is 0 Å². The Kier molecular flexibility index (Phi) is 5.54. The monoisotopic (exact) mass is 278 g/mol. The van der Waals surface area contributed by atoms with Crippen LogP contribution in [0.1, 0.15) is 25.3 Å². The van der Waals surface area contributed by atoms with Gasteiger partial charge in [0, 0.05) is 5.56 Å². The summed E-state index contributed by atoms with van der Waals surface area (Å²) < 4.78 is 5.62. The maximum Gasteiger partial charge on any atom is 0.137 e. The Labute approximate surface area is 125 Å². The summed E-state index contributed by atoms with van der Waals surface area (Å²) in [6, 6.07) is 13.3. The summed E-state index contributed by atoms with van der Waals surface area (Å²) in [7, 11) is 0. The lowest BCUT2D eigenvalue weighted by molar-refractivity contribution is 0.323. The molecule has 3 heteroatoms. The normalized spacial score (nSPS) is 10.5. The molecule has 0 unspecified atom stereocenters. The molecule has 1 heterocycles. The van der Waals surface area contributed by atoms with Crippen molar-refractivity contribution < 1.29 is 4.74 Å². The average molecular weight is 278 g/mol. The number of nitrogens with zero attached hydrogens (tertiary/aromatic N) is 2. The van der Waals surface area contributed by atoms with Crippen LogP contribution in [-0.4, -0.2) is 11.6 Å². The van der Waals surface area contributed by atoms with E-state index in [4.69, 9.17) is 10.00 Å². The molecule has 0 aliphatic carbocycles. The van der Waals surface area contributed by atoms with E-state index in [1.807, 2.05) is 24.3 Å². The molecule has 0 N–H and O–H groups in total. The Balaban J connectivity index is 1.95. The number of benzene rings is 1.